The lowest BCUT2D eigenvalue weighted by atomic mass is 10.0. The lowest BCUT2D eigenvalue weighted by molar-refractivity contribution is 0.196. The van der Waals surface area contributed by atoms with Crippen LogP contribution in [0.3, 0.4) is 0 Å². The number of hydrogen-bond donors (Lipinski definition) is 1. The van der Waals surface area contributed by atoms with Gasteiger partial charge < -0.3 is 14.8 Å². The van der Waals surface area contributed by atoms with Crippen LogP contribution in [-0.2, 0) is 11.2 Å². The van der Waals surface area contributed by atoms with Crippen molar-refractivity contribution in [3.05, 3.63) is 65.7 Å². The molecule has 0 aliphatic rings. The summed E-state index contributed by atoms with van der Waals surface area (Å²) in [4.78, 5) is 0. The first-order valence-electron chi connectivity index (χ1n) is 7.34. The molecule has 0 amide bonds. The minimum atomic E-state index is 0.662. The van der Waals surface area contributed by atoms with E-state index in [9.17, 15) is 0 Å². The van der Waals surface area contributed by atoms with E-state index in [4.69, 9.17) is 9.47 Å². The van der Waals surface area contributed by atoms with Gasteiger partial charge in [-0.15, -0.1) is 0 Å². The van der Waals surface area contributed by atoms with Gasteiger partial charge in [0.1, 0.15) is 12.4 Å². The van der Waals surface area contributed by atoms with Crippen LogP contribution in [0, 0.1) is 0 Å². The summed E-state index contributed by atoms with van der Waals surface area (Å²) in [5.41, 5.74) is 2.52. The van der Waals surface area contributed by atoms with Crippen LogP contribution in [0.25, 0.3) is 0 Å². The molecule has 0 spiro atoms. The monoisotopic (exact) mass is 285 g/mol. The Labute approximate surface area is 126 Å². The molecule has 0 aliphatic heterocycles. The molecule has 0 bridgehead atoms. The molecule has 0 aromatic heterocycles. The predicted octanol–water partition coefficient (Wildman–Crippen LogP) is 2.89. The third kappa shape index (κ3) is 5.58. The van der Waals surface area contributed by atoms with E-state index in [2.05, 4.69) is 41.7 Å². The molecule has 0 saturated carbocycles. The van der Waals surface area contributed by atoms with Crippen molar-refractivity contribution >= 4 is 0 Å². The number of para-hydroxylation sites is 1. The van der Waals surface area contributed by atoms with Gasteiger partial charge in [-0.2, -0.15) is 0 Å². The maximum atomic E-state index is 5.89. The van der Waals surface area contributed by atoms with Crippen molar-refractivity contribution in [1.29, 1.82) is 0 Å². The molecule has 0 saturated heterocycles. The van der Waals surface area contributed by atoms with Crippen LogP contribution in [0.4, 0.5) is 0 Å². The number of rotatable bonds is 9. The molecule has 112 valence electrons. The molecule has 21 heavy (non-hydrogen) atoms. The zero-order valence-electron chi connectivity index (χ0n) is 12.5. The smallest absolute Gasteiger partial charge is 0.122 e. The topological polar surface area (TPSA) is 30.5 Å². The van der Waals surface area contributed by atoms with E-state index in [0.717, 1.165) is 31.9 Å². The highest BCUT2D eigenvalue weighted by atomic mass is 16.5. The van der Waals surface area contributed by atoms with Crippen molar-refractivity contribution in [2.45, 2.75) is 6.42 Å². The lowest BCUT2D eigenvalue weighted by Crippen LogP contribution is -2.24. The van der Waals surface area contributed by atoms with E-state index in [0.29, 0.717) is 6.61 Å². The number of hydrogen-bond acceptors (Lipinski definition) is 3. The first-order chi connectivity index (χ1) is 10.4. The SMILES string of the molecule is COCCNCCOc1ccccc1Cc1ccccc1. The standard InChI is InChI=1S/C18H23NO2/c1-20-13-11-19-12-14-21-18-10-6-5-9-17(18)15-16-7-3-2-4-8-16/h2-10,19H,11-15H2,1H3. The number of benzene rings is 2. The summed E-state index contributed by atoms with van der Waals surface area (Å²) in [6.07, 6.45) is 0.897. The Morgan fingerprint density at radius 2 is 1.57 bits per heavy atom. The second-order valence-electron chi connectivity index (χ2n) is 4.86. The minimum absolute atomic E-state index is 0.662. The van der Waals surface area contributed by atoms with Gasteiger partial charge in [0, 0.05) is 26.6 Å². The van der Waals surface area contributed by atoms with Crippen molar-refractivity contribution < 1.29 is 9.47 Å². The molecule has 0 radical (unpaired) electrons. The van der Waals surface area contributed by atoms with Crippen molar-refractivity contribution in [2.24, 2.45) is 0 Å². The highest BCUT2D eigenvalue weighted by molar-refractivity contribution is 5.37. The van der Waals surface area contributed by atoms with Crippen molar-refractivity contribution in [3.8, 4) is 5.75 Å². The molecule has 2 rings (SSSR count). The van der Waals surface area contributed by atoms with E-state index in [1.807, 2.05) is 18.2 Å². The first-order valence-corrected chi connectivity index (χ1v) is 7.34. The Morgan fingerprint density at radius 3 is 2.38 bits per heavy atom. The van der Waals surface area contributed by atoms with Crippen molar-refractivity contribution in [2.75, 3.05) is 33.4 Å². The molecule has 1 N–H and O–H groups in total. The Kier molecular flexibility index (Phi) is 6.78. The van der Waals surface area contributed by atoms with Gasteiger partial charge in [-0.3, -0.25) is 0 Å². The number of ether oxygens (including phenoxy) is 2. The molecule has 3 nitrogen and oxygen atoms in total. The Bertz CT molecular complexity index is 514. The molecule has 0 heterocycles. The van der Waals surface area contributed by atoms with E-state index >= 15 is 0 Å². The highest BCUT2D eigenvalue weighted by Crippen LogP contribution is 2.21. The van der Waals surface area contributed by atoms with Crippen LogP contribution in [0.15, 0.2) is 54.6 Å². The molecule has 0 fully saturated rings. The second kappa shape index (κ2) is 9.16. The van der Waals surface area contributed by atoms with E-state index in [1.165, 1.54) is 11.1 Å². The third-order valence-electron chi connectivity index (χ3n) is 3.23. The third-order valence-corrected chi connectivity index (χ3v) is 3.23. The number of nitrogens with one attached hydrogen (secondary N) is 1. The molecule has 0 unspecified atom stereocenters. The van der Waals surface area contributed by atoms with Gasteiger partial charge in [0.05, 0.1) is 6.61 Å². The average molecular weight is 285 g/mol. The highest BCUT2D eigenvalue weighted by Gasteiger charge is 2.03. The van der Waals surface area contributed by atoms with Gasteiger partial charge >= 0.3 is 0 Å². The summed E-state index contributed by atoms with van der Waals surface area (Å²) in [7, 11) is 1.71. The summed E-state index contributed by atoms with van der Waals surface area (Å²) in [5.74, 6) is 0.967. The van der Waals surface area contributed by atoms with Crippen molar-refractivity contribution in [1.82, 2.24) is 5.32 Å². The van der Waals surface area contributed by atoms with E-state index < -0.39 is 0 Å². The fraction of sp³-hybridized carbons (Fsp3) is 0.333. The summed E-state index contributed by atoms with van der Waals surface area (Å²) in [6, 6.07) is 18.7. The maximum absolute atomic E-state index is 5.89. The molecule has 2 aromatic carbocycles. The Morgan fingerprint density at radius 1 is 0.857 bits per heavy atom. The summed E-state index contributed by atoms with van der Waals surface area (Å²) in [5, 5.41) is 3.28. The Balaban J connectivity index is 1.85. The predicted molar refractivity (Wildman–Crippen MR) is 85.9 cm³/mol. The quantitative estimate of drug-likeness (QED) is 0.719. The lowest BCUT2D eigenvalue weighted by Gasteiger charge is -2.12. The molecule has 3 heteroatoms. The zero-order valence-corrected chi connectivity index (χ0v) is 12.5. The normalized spacial score (nSPS) is 10.5. The van der Waals surface area contributed by atoms with Gasteiger partial charge in [0.25, 0.3) is 0 Å². The number of methoxy groups -OCH3 is 1. The molecular formula is C18H23NO2. The second-order valence-corrected chi connectivity index (χ2v) is 4.86. The summed E-state index contributed by atoms with van der Waals surface area (Å²) >= 11 is 0. The average Bonchev–Trinajstić information content (AvgIpc) is 2.53. The van der Waals surface area contributed by atoms with Crippen LogP contribution in [-0.4, -0.2) is 33.4 Å². The molecule has 2 aromatic rings. The van der Waals surface area contributed by atoms with E-state index in [-0.39, 0.29) is 0 Å². The minimum Gasteiger partial charge on any atom is -0.492 e. The van der Waals surface area contributed by atoms with Crippen molar-refractivity contribution in [3.63, 3.8) is 0 Å². The fourth-order valence-electron chi connectivity index (χ4n) is 2.14. The van der Waals surface area contributed by atoms with Gasteiger partial charge in [-0.25, -0.2) is 0 Å². The zero-order chi connectivity index (χ0) is 14.8. The van der Waals surface area contributed by atoms with Crippen LogP contribution in [0.1, 0.15) is 11.1 Å². The summed E-state index contributed by atoms with van der Waals surface area (Å²) in [6.45, 7) is 3.06. The van der Waals surface area contributed by atoms with Crippen LogP contribution in [0.5, 0.6) is 5.75 Å². The summed E-state index contributed by atoms with van der Waals surface area (Å²) < 4.78 is 10.9. The largest absolute Gasteiger partial charge is 0.492 e. The van der Waals surface area contributed by atoms with Gasteiger partial charge in [0.2, 0.25) is 0 Å². The molecular weight excluding hydrogens is 262 g/mol. The van der Waals surface area contributed by atoms with E-state index in [1.54, 1.807) is 7.11 Å². The molecule has 0 aliphatic carbocycles. The fourth-order valence-corrected chi connectivity index (χ4v) is 2.14. The Hall–Kier alpha value is -1.84. The van der Waals surface area contributed by atoms with Gasteiger partial charge in [-0.1, -0.05) is 48.5 Å². The van der Waals surface area contributed by atoms with Gasteiger partial charge in [0.15, 0.2) is 0 Å². The molecule has 0 atom stereocenters. The van der Waals surface area contributed by atoms with Crippen LogP contribution in [0.2, 0.25) is 0 Å². The first kappa shape index (κ1) is 15.5. The maximum Gasteiger partial charge on any atom is 0.122 e. The van der Waals surface area contributed by atoms with Gasteiger partial charge in [-0.05, 0) is 17.2 Å². The van der Waals surface area contributed by atoms with Crippen LogP contribution >= 0.6 is 0 Å². The van der Waals surface area contributed by atoms with Crippen LogP contribution < -0.4 is 10.1 Å².